The first-order chi connectivity index (χ1) is 12.1. The van der Waals surface area contributed by atoms with Gasteiger partial charge in [-0.2, -0.15) is 4.98 Å². The molecule has 2 rings (SSSR count). The highest BCUT2D eigenvalue weighted by atomic mass is 19.1. The standard InChI is InChI=1S/C16H20FN3O5/c1-23-6-2-5-18-15-20-13-4-3-12(7-14(13)25-15)24-10-11(8-17)9-19-16(21)22/h3-4,7-8,19H,2,5-6,9-10H2,1H3,(H,18,20)(H,21,22)/b11-8-. The highest BCUT2D eigenvalue weighted by Crippen LogP contribution is 2.24. The van der Waals surface area contributed by atoms with Gasteiger partial charge in [0.05, 0.1) is 6.33 Å². The molecule has 0 atom stereocenters. The van der Waals surface area contributed by atoms with Crippen molar-refractivity contribution in [1.29, 1.82) is 0 Å². The van der Waals surface area contributed by atoms with Crippen LogP contribution in [0.25, 0.3) is 11.1 Å². The molecule has 0 aliphatic heterocycles. The van der Waals surface area contributed by atoms with Crippen molar-refractivity contribution in [3.8, 4) is 5.75 Å². The van der Waals surface area contributed by atoms with Gasteiger partial charge in [0.1, 0.15) is 17.9 Å². The smallest absolute Gasteiger partial charge is 0.404 e. The van der Waals surface area contributed by atoms with Crippen LogP contribution >= 0.6 is 0 Å². The summed E-state index contributed by atoms with van der Waals surface area (Å²) in [5.74, 6) is 0.462. The minimum atomic E-state index is -1.23. The van der Waals surface area contributed by atoms with Crippen LogP contribution in [0.3, 0.4) is 0 Å². The van der Waals surface area contributed by atoms with E-state index < -0.39 is 6.09 Å². The zero-order valence-electron chi connectivity index (χ0n) is 13.8. The average molecular weight is 353 g/mol. The number of amides is 1. The number of carbonyl (C=O) groups is 1. The predicted octanol–water partition coefficient (Wildman–Crippen LogP) is 2.78. The van der Waals surface area contributed by atoms with E-state index in [1.54, 1.807) is 25.3 Å². The molecular weight excluding hydrogens is 333 g/mol. The zero-order chi connectivity index (χ0) is 18.1. The summed E-state index contributed by atoms with van der Waals surface area (Å²) in [4.78, 5) is 14.7. The Morgan fingerprint density at radius 3 is 3.04 bits per heavy atom. The minimum Gasteiger partial charge on any atom is -0.489 e. The van der Waals surface area contributed by atoms with Crippen LogP contribution in [-0.2, 0) is 4.74 Å². The van der Waals surface area contributed by atoms with E-state index in [2.05, 4.69) is 15.6 Å². The Balaban J connectivity index is 1.92. The molecule has 0 spiro atoms. The highest BCUT2D eigenvalue weighted by molar-refractivity contribution is 5.76. The molecule has 1 aromatic heterocycles. The van der Waals surface area contributed by atoms with Gasteiger partial charge in [0, 0.05) is 38.4 Å². The lowest BCUT2D eigenvalue weighted by molar-refractivity contribution is 0.195. The molecule has 0 radical (unpaired) electrons. The fraction of sp³-hybridized carbons (Fsp3) is 0.375. The number of anilines is 1. The van der Waals surface area contributed by atoms with E-state index in [1.165, 1.54) is 0 Å². The number of oxazole rings is 1. The Kier molecular flexibility index (Phi) is 7.02. The van der Waals surface area contributed by atoms with Gasteiger partial charge in [0.2, 0.25) is 0 Å². The SMILES string of the molecule is COCCCNc1nc2ccc(OC/C(=C\F)CNC(=O)O)cc2o1. The van der Waals surface area contributed by atoms with Gasteiger partial charge in [-0.15, -0.1) is 0 Å². The number of nitrogens with one attached hydrogen (secondary N) is 2. The van der Waals surface area contributed by atoms with E-state index in [1.807, 2.05) is 0 Å². The number of methoxy groups -OCH3 is 1. The highest BCUT2D eigenvalue weighted by Gasteiger charge is 2.08. The number of hydrogen-bond donors (Lipinski definition) is 3. The molecule has 0 aliphatic carbocycles. The normalized spacial score (nSPS) is 11.5. The lowest BCUT2D eigenvalue weighted by atomic mass is 10.3. The van der Waals surface area contributed by atoms with Crippen LogP contribution in [0.15, 0.2) is 34.5 Å². The van der Waals surface area contributed by atoms with Crippen LogP contribution in [0.1, 0.15) is 6.42 Å². The number of fused-ring (bicyclic) bond motifs is 1. The summed E-state index contributed by atoms with van der Waals surface area (Å²) in [7, 11) is 1.64. The first-order valence-corrected chi connectivity index (χ1v) is 7.63. The quantitative estimate of drug-likeness (QED) is 0.564. The van der Waals surface area contributed by atoms with Crippen molar-refractivity contribution in [2.75, 3.05) is 38.7 Å². The second-order valence-electron chi connectivity index (χ2n) is 5.14. The first kappa shape index (κ1) is 18.5. The van der Waals surface area contributed by atoms with Crippen LogP contribution in [0.4, 0.5) is 15.2 Å². The van der Waals surface area contributed by atoms with E-state index in [4.69, 9.17) is 19.0 Å². The lowest BCUT2D eigenvalue weighted by Gasteiger charge is -2.08. The van der Waals surface area contributed by atoms with Gasteiger partial charge in [-0.3, -0.25) is 0 Å². The van der Waals surface area contributed by atoms with Crippen LogP contribution in [0.5, 0.6) is 5.75 Å². The molecule has 1 heterocycles. The van der Waals surface area contributed by atoms with Crippen molar-refractivity contribution >= 4 is 23.2 Å². The zero-order valence-corrected chi connectivity index (χ0v) is 13.8. The Morgan fingerprint density at radius 1 is 1.48 bits per heavy atom. The molecule has 3 N–H and O–H groups in total. The van der Waals surface area contributed by atoms with Crippen LogP contribution in [0, 0.1) is 0 Å². The molecule has 1 amide bonds. The molecule has 2 aromatic rings. The summed E-state index contributed by atoms with van der Waals surface area (Å²) in [6, 6.07) is 5.45. The summed E-state index contributed by atoms with van der Waals surface area (Å²) < 4.78 is 28.7. The second kappa shape index (κ2) is 9.48. The Morgan fingerprint density at radius 2 is 2.32 bits per heavy atom. The predicted molar refractivity (Wildman–Crippen MR) is 89.7 cm³/mol. The van der Waals surface area contributed by atoms with Gasteiger partial charge in [0.15, 0.2) is 5.58 Å². The number of halogens is 1. The Bertz CT molecular complexity index is 732. The minimum absolute atomic E-state index is 0.0848. The molecule has 1 aromatic carbocycles. The average Bonchev–Trinajstić information content (AvgIpc) is 3.00. The maximum atomic E-state index is 12.7. The molecule has 136 valence electrons. The molecule has 0 unspecified atom stereocenters. The second-order valence-corrected chi connectivity index (χ2v) is 5.14. The molecule has 0 aliphatic rings. The van der Waals surface area contributed by atoms with Crippen molar-refractivity contribution in [1.82, 2.24) is 10.3 Å². The third kappa shape index (κ3) is 5.96. The number of carboxylic acid groups (broad SMARTS) is 1. The molecular formula is C16H20FN3O5. The fourth-order valence-electron chi connectivity index (χ4n) is 1.97. The van der Waals surface area contributed by atoms with Crippen molar-refractivity contribution in [3.63, 3.8) is 0 Å². The molecule has 0 fully saturated rings. The van der Waals surface area contributed by atoms with Gasteiger partial charge >= 0.3 is 6.09 Å². The summed E-state index contributed by atoms with van der Waals surface area (Å²) in [5, 5.41) is 13.7. The Labute approximate surface area is 143 Å². The van der Waals surface area contributed by atoms with E-state index in [0.717, 1.165) is 6.42 Å². The van der Waals surface area contributed by atoms with E-state index in [0.29, 0.717) is 42.3 Å². The number of benzene rings is 1. The number of ether oxygens (including phenoxy) is 2. The topological polar surface area (TPSA) is 106 Å². The maximum absolute atomic E-state index is 12.7. The number of hydrogen-bond acceptors (Lipinski definition) is 6. The lowest BCUT2D eigenvalue weighted by Crippen LogP contribution is -2.25. The third-order valence-electron chi connectivity index (χ3n) is 3.21. The molecule has 0 saturated heterocycles. The van der Waals surface area contributed by atoms with E-state index in [9.17, 15) is 9.18 Å². The van der Waals surface area contributed by atoms with E-state index in [-0.39, 0.29) is 18.7 Å². The van der Waals surface area contributed by atoms with Crippen LogP contribution < -0.4 is 15.4 Å². The Hall–Kier alpha value is -2.81. The van der Waals surface area contributed by atoms with Gasteiger partial charge in [-0.25, -0.2) is 9.18 Å². The third-order valence-corrected chi connectivity index (χ3v) is 3.21. The maximum Gasteiger partial charge on any atom is 0.404 e. The fourth-order valence-corrected chi connectivity index (χ4v) is 1.97. The molecule has 8 nitrogen and oxygen atoms in total. The monoisotopic (exact) mass is 353 g/mol. The van der Waals surface area contributed by atoms with E-state index >= 15 is 0 Å². The van der Waals surface area contributed by atoms with Gasteiger partial charge in [-0.05, 0) is 18.6 Å². The number of aromatic nitrogens is 1. The molecule has 0 saturated carbocycles. The summed E-state index contributed by atoms with van der Waals surface area (Å²) in [5.41, 5.74) is 1.36. The molecule has 25 heavy (non-hydrogen) atoms. The largest absolute Gasteiger partial charge is 0.489 e. The number of rotatable bonds is 10. The van der Waals surface area contributed by atoms with Gasteiger partial charge in [-0.1, -0.05) is 0 Å². The first-order valence-electron chi connectivity index (χ1n) is 7.63. The summed E-state index contributed by atoms with van der Waals surface area (Å²) in [6.07, 6.45) is -0.0787. The van der Waals surface area contributed by atoms with Crippen molar-refractivity contribution in [2.24, 2.45) is 0 Å². The molecule has 9 heteroatoms. The van der Waals surface area contributed by atoms with Gasteiger partial charge < -0.3 is 29.6 Å². The van der Waals surface area contributed by atoms with Gasteiger partial charge in [0.25, 0.3) is 6.01 Å². The summed E-state index contributed by atoms with van der Waals surface area (Å²) >= 11 is 0. The molecule has 0 bridgehead atoms. The van der Waals surface area contributed by atoms with Crippen molar-refractivity contribution in [2.45, 2.75) is 6.42 Å². The number of nitrogens with zero attached hydrogens (tertiary/aromatic N) is 1. The van der Waals surface area contributed by atoms with Crippen LogP contribution in [-0.4, -0.2) is 49.6 Å². The van der Waals surface area contributed by atoms with Crippen LogP contribution in [0.2, 0.25) is 0 Å². The summed E-state index contributed by atoms with van der Waals surface area (Å²) in [6.45, 7) is 1.09. The van der Waals surface area contributed by atoms with Crippen molar-refractivity contribution < 1.29 is 28.2 Å². The van der Waals surface area contributed by atoms with Crippen molar-refractivity contribution in [3.05, 3.63) is 30.1 Å².